The summed E-state index contributed by atoms with van der Waals surface area (Å²) < 4.78 is 1.01. The number of rotatable bonds is 2. The Hall–Kier alpha value is -2.57. The zero-order valence-corrected chi connectivity index (χ0v) is 16.7. The van der Waals surface area contributed by atoms with Gasteiger partial charge in [-0.2, -0.15) is 5.26 Å². The van der Waals surface area contributed by atoms with E-state index in [4.69, 9.17) is 4.98 Å². The molecular weight excluding hydrogens is 372 g/mol. The molecule has 9 heteroatoms. The lowest BCUT2D eigenvalue weighted by atomic mass is 9.99. The highest BCUT2D eigenvalue weighted by molar-refractivity contribution is 7.26. The standard InChI is InChI=1S/C19H22N8S/c1-12-2-6-26(7-3-12)17-13(11-20)10-14-15-16(28-19(14)22-17)18(24-25-23-15)27-8-4-21-5-9-27/h10,12,21H,2-9H2,1H3. The predicted molar refractivity (Wildman–Crippen MR) is 111 cm³/mol. The van der Waals surface area contributed by atoms with Crippen LogP contribution in [0, 0.1) is 17.2 Å². The van der Waals surface area contributed by atoms with Gasteiger partial charge < -0.3 is 15.1 Å². The number of anilines is 2. The molecule has 0 saturated carbocycles. The third kappa shape index (κ3) is 2.93. The van der Waals surface area contributed by atoms with Gasteiger partial charge >= 0.3 is 0 Å². The number of hydrogen-bond acceptors (Lipinski definition) is 9. The van der Waals surface area contributed by atoms with Gasteiger partial charge in [0.2, 0.25) is 0 Å². The summed E-state index contributed by atoms with van der Waals surface area (Å²) in [6, 6.07) is 4.28. The number of nitrogens with one attached hydrogen (secondary N) is 1. The van der Waals surface area contributed by atoms with E-state index >= 15 is 0 Å². The maximum atomic E-state index is 9.75. The molecule has 0 amide bonds. The van der Waals surface area contributed by atoms with E-state index in [-0.39, 0.29) is 0 Å². The monoisotopic (exact) mass is 394 g/mol. The summed E-state index contributed by atoms with van der Waals surface area (Å²) in [5.74, 6) is 2.41. The number of thiophene rings is 1. The normalized spacial score (nSPS) is 18.7. The van der Waals surface area contributed by atoms with Crippen molar-refractivity contribution in [1.82, 2.24) is 25.7 Å². The van der Waals surface area contributed by atoms with E-state index in [9.17, 15) is 5.26 Å². The Bertz CT molecular complexity index is 1060. The van der Waals surface area contributed by atoms with E-state index in [1.165, 1.54) is 0 Å². The number of pyridine rings is 1. The van der Waals surface area contributed by atoms with Crippen molar-refractivity contribution in [1.29, 1.82) is 5.26 Å². The first kappa shape index (κ1) is 17.5. The minimum absolute atomic E-state index is 0.615. The fraction of sp³-hybridized carbons (Fsp3) is 0.526. The lowest BCUT2D eigenvalue weighted by molar-refractivity contribution is 0.436. The molecule has 0 radical (unpaired) electrons. The second kappa shape index (κ2) is 7.11. The van der Waals surface area contributed by atoms with E-state index in [1.807, 2.05) is 6.07 Å². The molecule has 2 fully saturated rings. The molecule has 3 aromatic rings. The van der Waals surface area contributed by atoms with Crippen molar-refractivity contribution in [3.05, 3.63) is 11.6 Å². The average molecular weight is 395 g/mol. The average Bonchev–Trinajstić information content (AvgIpc) is 3.11. The van der Waals surface area contributed by atoms with Gasteiger partial charge in [-0.05, 0) is 30.0 Å². The lowest BCUT2D eigenvalue weighted by Gasteiger charge is -2.31. The van der Waals surface area contributed by atoms with Crippen LogP contribution < -0.4 is 15.1 Å². The van der Waals surface area contributed by atoms with Crippen LogP contribution in [0.3, 0.4) is 0 Å². The number of aromatic nitrogens is 4. The predicted octanol–water partition coefficient (Wildman–Crippen LogP) is 2.15. The maximum absolute atomic E-state index is 9.75. The molecule has 3 aromatic heterocycles. The summed E-state index contributed by atoms with van der Waals surface area (Å²) in [7, 11) is 0. The van der Waals surface area contributed by atoms with Gasteiger partial charge in [0.1, 0.15) is 26.9 Å². The highest BCUT2D eigenvalue weighted by Gasteiger charge is 2.24. The Morgan fingerprint density at radius 1 is 1.11 bits per heavy atom. The fourth-order valence-corrected chi connectivity index (χ4v) is 5.13. The van der Waals surface area contributed by atoms with Crippen LogP contribution in [0.25, 0.3) is 20.4 Å². The van der Waals surface area contributed by atoms with Crippen molar-refractivity contribution >= 4 is 43.4 Å². The quantitative estimate of drug-likeness (QED) is 0.707. The van der Waals surface area contributed by atoms with Gasteiger partial charge in [0.25, 0.3) is 0 Å². The first-order chi connectivity index (χ1) is 13.7. The number of piperazine rings is 1. The Kier molecular flexibility index (Phi) is 4.45. The second-order valence-corrected chi connectivity index (χ2v) is 8.62. The molecule has 1 N–H and O–H groups in total. The molecule has 28 heavy (non-hydrogen) atoms. The van der Waals surface area contributed by atoms with Crippen LogP contribution in [0.5, 0.6) is 0 Å². The summed E-state index contributed by atoms with van der Waals surface area (Å²) in [6.45, 7) is 7.86. The Morgan fingerprint density at radius 3 is 2.61 bits per heavy atom. The minimum Gasteiger partial charge on any atom is -0.355 e. The number of nitriles is 1. The number of fused-ring (bicyclic) bond motifs is 3. The first-order valence-electron chi connectivity index (χ1n) is 9.82. The van der Waals surface area contributed by atoms with Crippen molar-refractivity contribution in [2.45, 2.75) is 19.8 Å². The molecule has 144 valence electrons. The number of nitrogens with zero attached hydrogens (tertiary/aromatic N) is 7. The Balaban J connectivity index is 1.63. The van der Waals surface area contributed by atoms with E-state index in [0.717, 1.165) is 90.1 Å². The number of piperidine rings is 1. The van der Waals surface area contributed by atoms with Gasteiger partial charge in [-0.25, -0.2) is 4.98 Å². The Morgan fingerprint density at radius 2 is 1.86 bits per heavy atom. The van der Waals surface area contributed by atoms with Gasteiger partial charge in [0, 0.05) is 44.7 Å². The van der Waals surface area contributed by atoms with Crippen LogP contribution in [-0.4, -0.2) is 59.7 Å². The summed E-state index contributed by atoms with van der Waals surface area (Å²) in [6.07, 6.45) is 2.28. The summed E-state index contributed by atoms with van der Waals surface area (Å²) in [5.41, 5.74) is 1.41. The molecule has 2 aliphatic heterocycles. The molecule has 5 rings (SSSR count). The van der Waals surface area contributed by atoms with Crippen LogP contribution >= 0.6 is 11.3 Å². The molecular formula is C19H22N8S. The third-order valence-electron chi connectivity index (χ3n) is 5.74. The van der Waals surface area contributed by atoms with Gasteiger partial charge in [-0.15, -0.1) is 21.5 Å². The van der Waals surface area contributed by atoms with Gasteiger partial charge in [-0.1, -0.05) is 6.92 Å². The zero-order valence-electron chi connectivity index (χ0n) is 15.9. The SMILES string of the molecule is CC1CCN(c2nc3sc4c(N5CCNCC5)nnnc4c3cc2C#N)CC1. The fourth-order valence-electron chi connectivity index (χ4n) is 4.03. The second-order valence-electron chi connectivity index (χ2n) is 7.62. The Labute approximate surface area is 167 Å². The lowest BCUT2D eigenvalue weighted by Crippen LogP contribution is -2.44. The van der Waals surface area contributed by atoms with Crippen molar-refractivity contribution in [2.75, 3.05) is 49.1 Å². The molecule has 5 heterocycles. The van der Waals surface area contributed by atoms with E-state index < -0.39 is 0 Å². The molecule has 0 aliphatic carbocycles. The largest absolute Gasteiger partial charge is 0.355 e. The van der Waals surface area contributed by atoms with Gasteiger partial charge in [0.15, 0.2) is 5.82 Å². The minimum atomic E-state index is 0.615. The highest BCUT2D eigenvalue weighted by Crippen LogP contribution is 2.38. The van der Waals surface area contributed by atoms with E-state index in [1.54, 1.807) is 11.3 Å². The van der Waals surface area contributed by atoms with Crippen LogP contribution in [0.2, 0.25) is 0 Å². The van der Waals surface area contributed by atoms with Crippen molar-refractivity contribution in [3.63, 3.8) is 0 Å². The first-order valence-corrected chi connectivity index (χ1v) is 10.6. The summed E-state index contributed by atoms with van der Waals surface area (Å²) in [5, 5.41) is 26.7. The molecule has 8 nitrogen and oxygen atoms in total. The van der Waals surface area contributed by atoms with Gasteiger partial charge in [0.05, 0.1) is 5.56 Å². The van der Waals surface area contributed by atoms with E-state index in [0.29, 0.717) is 5.56 Å². The van der Waals surface area contributed by atoms with Crippen molar-refractivity contribution < 1.29 is 0 Å². The van der Waals surface area contributed by atoms with Crippen molar-refractivity contribution in [3.8, 4) is 6.07 Å². The molecule has 0 bridgehead atoms. The molecule has 2 aliphatic rings. The van der Waals surface area contributed by atoms with Crippen LogP contribution in [0.15, 0.2) is 6.07 Å². The topological polar surface area (TPSA) is 93.9 Å². The molecule has 2 saturated heterocycles. The molecule has 0 atom stereocenters. The van der Waals surface area contributed by atoms with Crippen LogP contribution in [0.1, 0.15) is 25.3 Å². The zero-order chi connectivity index (χ0) is 19.1. The number of hydrogen-bond donors (Lipinski definition) is 1. The summed E-state index contributed by atoms with van der Waals surface area (Å²) >= 11 is 1.61. The molecule has 0 unspecified atom stereocenters. The van der Waals surface area contributed by atoms with E-state index in [2.05, 4.69) is 43.5 Å². The van der Waals surface area contributed by atoms with Gasteiger partial charge in [-0.3, -0.25) is 0 Å². The smallest absolute Gasteiger partial charge is 0.172 e. The molecule has 0 spiro atoms. The third-order valence-corrected chi connectivity index (χ3v) is 6.83. The summed E-state index contributed by atoms with van der Waals surface area (Å²) in [4.78, 5) is 10.3. The van der Waals surface area contributed by atoms with Crippen LogP contribution in [0.4, 0.5) is 11.6 Å². The van der Waals surface area contributed by atoms with Crippen molar-refractivity contribution in [2.24, 2.45) is 5.92 Å². The van der Waals surface area contributed by atoms with Crippen LogP contribution in [-0.2, 0) is 0 Å². The maximum Gasteiger partial charge on any atom is 0.172 e. The molecule has 0 aromatic carbocycles. The highest BCUT2D eigenvalue weighted by atomic mass is 32.1.